The van der Waals surface area contributed by atoms with Crippen molar-refractivity contribution in [2.75, 3.05) is 11.4 Å². The molecule has 0 saturated heterocycles. The van der Waals surface area contributed by atoms with E-state index in [9.17, 15) is 14.3 Å². The molecule has 0 spiro atoms. The first kappa shape index (κ1) is 22.4. The normalized spacial score (nSPS) is 18.4. The molecule has 1 aliphatic heterocycles. The Kier molecular flexibility index (Phi) is 5.61. The molecule has 3 aromatic carbocycles. The third-order valence-corrected chi connectivity index (χ3v) is 5.78. The summed E-state index contributed by atoms with van der Waals surface area (Å²) in [6.45, 7) is -0.0255. The molecule has 0 aromatic heterocycles. The lowest BCUT2D eigenvalue weighted by Crippen LogP contribution is -2.60. The quantitative estimate of drug-likeness (QED) is 0.401. The first-order chi connectivity index (χ1) is 15.6. The standard InChI is InChI=1S/C25H19F4NO3/c26-19-6-8-20(9-7-19)30-14-13-17-15-21(31)10-11-22(17)24(30,25(27,28)29)18-4-1-16(2-5-18)3-12-23(32)33/h1-12,15,31H,13-14H2,(H,32,33)/b12-3+. The molecule has 8 heteroatoms. The number of nitrogens with zero attached hydrogens (tertiary/aromatic N) is 1. The number of phenols is 1. The second-order valence-electron chi connectivity index (χ2n) is 7.72. The van der Waals surface area contributed by atoms with Crippen LogP contribution in [0.15, 0.2) is 72.8 Å². The summed E-state index contributed by atoms with van der Waals surface area (Å²) in [6, 6.07) is 14.1. The van der Waals surface area contributed by atoms with Crippen LogP contribution in [0.1, 0.15) is 22.3 Å². The lowest BCUT2D eigenvalue weighted by Gasteiger charge is -2.50. The Hall–Kier alpha value is -3.81. The molecule has 170 valence electrons. The van der Waals surface area contributed by atoms with E-state index in [4.69, 9.17) is 5.11 Å². The second-order valence-corrected chi connectivity index (χ2v) is 7.72. The maximum atomic E-state index is 15.2. The number of phenolic OH excluding ortho intramolecular Hbond substituents is 1. The topological polar surface area (TPSA) is 60.8 Å². The molecule has 0 fully saturated rings. The number of alkyl halides is 3. The highest BCUT2D eigenvalue weighted by Gasteiger charge is 2.63. The third-order valence-electron chi connectivity index (χ3n) is 5.78. The van der Waals surface area contributed by atoms with E-state index < -0.39 is 23.5 Å². The van der Waals surface area contributed by atoms with Crippen molar-refractivity contribution in [3.63, 3.8) is 0 Å². The van der Waals surface area contributed by atoms with Gasteiger partial charge in [0.25, 0.3) is 0 Å². The van der Waals surface area contributed by atoms with Crippen LogP contribution in [-0.4, -0.2) is 28.9 Å². The summed E-state index contributed by atoms with van der Waals surface area (Å²) in [7, 11) is 0. The van der Waals surface area contributed by atoms with Crippen LogP contribution in [0.25, 0.3) is 6.08 Å². The van der Waals surface area contributed by atoms with Crippen molar-refractivity contribution in [1.29, 1.82) is 0 Å². The fourth-order valence-electron chi connectivity index (χ4n) is 4.41. The Balaban J connectivity index is 1.98. The van der Waals surface area contributed by atoms with Gasteiger partial charge in [0.2, 0.25) is 0 Å². The van der Waals surface area contributed by atoms with Gasteiger partial charge < -0.3 is 15.1 Å². The Bertz CT molecular complexity index is 1200. The van der Waals surface area contributed by atoms with Gasteiger partial charge in [-0.1, -0.05) is 30.3 Å². The molecule has 0 radical (unpaired) electrons. The predicted molar refractivity (Wildman–Crippen MR) is 116 cm³/mol. The van der Waals surface area contributed by atoms with E-state index in [-0.39, 0.29) is 35.5 Å². The molecule has 0 aliphatic carbocycles. The van der Waals surface area contributed by atoms with Crippen LogP contribution >= 0.6 is 0 Å². The minimum absolute atomic E-state index is 0.0255. The zero-order chi connectivity index (χ0) is 23.8. The van der Waals surface area contributed by atoms with Gasteiger partial charge in [-0.25, -0.2) is 9.18 Å². The molecule has 1 aliphatic rings. The maximum absolute atomic E-state index is 15.2. The molecule has 1 atom stereocenters. The Labute approximate surface area is 187 Å². The SMILES string of the molecule is O=C(O)/C=C/c1ccc(C2(C(F)(F)F)c3ccc(O)cc3CCN2c2ccc(F)cc2)cc1. The average Bonchev–Trinajstić information content (AvgIpc) is 2.77. The average molecular weight is 457 g/mol. The van der Waals surface area contributed by atoms with Gasteiger partial charge in [-0.2, -0.15) is 13.2 Å². The molecule has 2 N–H and O–H groups in total. The third kappa shape index (κ3) is 3.92. The summed E-state index contributed by atoms with van der Waals surface area (Å²) in [5.41, 5.74) is -1.74. The van der Waals surface area contributed by atoms with Crippen LogP contribution in [0.2, 0.25) is 0 Å². The monoisotopic (exact) mass is 457 g/mol. The molecule has 0 amide bonds. The van der Waals surface area contributed by atoms with Crippen molar-refractivity contribution in [2.24, 2.45) is 0 Å². The van der Waals surface area contributed by atoms with Crippen molar-refractivity contribution >= 4 is 17.7 Å². The van der Waals surface area contributed by atoms with Crippen molar-refractivity contribution in [3.05, 3.63) is 101 Å². The minimum atomic E-state index is -4.80. The van der Waals surface area contributed by atoms with Gasteiger partial charge >= 0.3 is 12.1 Å². The second kappa shape index (κ2) is 8.27. The Morgan fingerprint density at radius 3 is 2.27 bits per heavy atom. The van der Waals surface area contributed by atoms with E-state index in [1.807, 2.05) is 0 Å². The van der Waals surface area contributed by atoms with Crippen LogP contribution in [0.5, 0.6) is 5.75 Å². The molecule has 0 bridgehead atoms. The first-order valence-electron chi connectivity index (χ1n) is 10.1. The minimum Gasteiger partial charge on any atom is -0.508 e. The molecule has 4 nitrogen and oxygen atoms in total. The number of aromatic hydroxyl groups is 1. The van der Waals surface area contributed by atoms with Gasteiger partial charge in [0.1, 0.15) is 11.6 Å². The van der Waals surface area contributed by atoms with Crippen LogP contribution in [0.4, 0.5) is 23.2 Å². The van der Waals surface area contributed by atoms with Crippen LogP contribution < -0.4 is 4.90 Å². The first-order valence-corrected chi connectivity index (χ1v) is 10.1. The molecule has 1 unspecified atom stereocenters. The number of anilines is 1. The highest BCUT2D eigenvalue weighted by molar-refractivity contribution is 5.85. The van der Waals surface area contributed by atoms with E-state index in [2.05, 4.69) is 0 Å². The fourth-order valence-corrected chi connectivity index (χ4v) is 4.41. The molecular weight excluding hydrogens is 438 g/mol. The Morgan fingerprint density at radius 2 is 1.67 bits per heavy atom. The summed E-state index contributed by atoms with van der Waals surface area (Å²) in [4.78, 5) is 12.0. The summed E-state index contributed by atoms with van der Waals surface area (Å²) < 4.78 is 59.0. The molecule has 3 aromatic rings. The van der Waals surface area contributed by atoms with Crippen LogP contribution in [0.3, 0.4) is 0 Å². The highest BCUT2D eigenvalue weighted by Crippen LogP contribution is 2.53. The number of fused-ring (bicyclic) bond motifs is 1. The molecule has 4 rings (SSSR count). The van der Waals surface area contributed by atoms with Crippen molar-refractivity contribution in [3.8, 4) is 5.75 Å². The largest absolute Gasteiger partial charge is 0.508 e. The van der Waals surface area contributed by atoms with E-state index in [1.54, 1.807) is 0 Å². The van der Waals surface area contributed by atoms with Crippen molar-refractivity contribution in [1.82, 2.24) is 0 Å². The lowest BCUT2D eigenvalue weighted by atomic mass is 9.74. The molecule has 0 saturated carbocycles. The molecule has 1 heterocycles. The number of carboxylic acids is 1. The summed E-state index contributed by atoms with van der Waals surface area (Å²) >= 11 is 0. The van der Waals surface area contributed by atoms with E-state index in [0.29, 0.717) is 11.1 Å². The van der Waals surface area contributed by atoms with Crippen molar-refractivity contribution in [2.45, 2.75) is 18.1 Å². The summed E-state index contributed by atoms with van der Waals surface area (Å²) in [5.74, 6) is -1.86. The highest BCUT2D eigenvalue weighted by atomic mass is 19.4. The maximum Gasteiger partial charge on any atom is 0.420 e. The van der Waals surface area contributed by atoms with E-state index in [1.165, 1.54) is 65.6 Å². The van der Waals surface area contributed by atoms with Gasteiger partial charge in [-0.3, -0.25) is 0 Å². The molecule has 33 heavy (non-hydrogen) atoms. The smallest absolute Gasteiger partial charge is 0.420 e. The number of hydrogen-bond donors (Lipinski definition) is 2. The number of carbonyl (C=O) groups is 1. The van der Waals surface area contributed by atoms with Crippen LogP contribution in [0, 0.1) is 5.82 Å². The summed E-state index contributed by atoms with van der Waals surface area (Å²) in [5, 5.41) is 18.7. The van der Waals surface area contributed by atoms with Gasteiger partial charge in [-0.05, 0) is 71.1 Å². The fraction of sp³-hybridized carbons (Fsp3) is 0.160. The Morgan fingerprint density at radius 1 is 1.00 bits per heavy atom. The number of hydrogen-bond acceptors (Lipinski definition) is 3. The number of benzene rings is 3. The van der Waals surface area contributed by atoms with Gasteiger partial charge in [-0.15, -0.1) is 0 Å². The zero-order valence-electron chi connectivity index (χ0n) is 17.2. The van der Waals surface area contributed by atoms with Gasteiger partial charge in [0, 0.05) is 18.3 Å². The zero-order valence-corrected chi connectivity index (χ0v) is 17.2. The molecular formula is C25H19F4NO3. The van der Waals surface area contributed by atoms with Crippen molar-refractivity contribution < 1.29 is 32.6 Å². The van der Waals surface area contributed by atoms with Gasteiger partial charge in [0.15, 0.2) is 5.54 Å². The number of aliphatic carboxylic acids is 1. The van der Waals surface area contributed by atoms with Crippen LogP contribution in [-0.2, 0) is 16.8 Å². The van der Waals surface area contributed by atoms with E-state index in [0.717, 1.165) is 18.2 Å². The number of halogens is 4. The number of carboxylic acid groups (broad SMARTS) is 1. The summed E-state index contributed by atoms with van der Waals surface area (Å²) in [6.07, 6.45) is -2.36. The number of rotatable bonds is 4. The van der Waals surface area contributed by atoms with E-state index >= 15 is 13.2 Å². The van der Waals surface area contributed by atoms with Gasteiger partial charge in [0.05, 0.1) is 0 Å². The lowest BCUT2D eigenvalue weighted by molar-refractivity contribution is -0.179. The predicted octanol–water partition coefficient (Wildman–Crippen LogP) is 5.50.